The van der Waals surface area contributed by atoms with E-state index in [0.717, 1.165) is 25.8 Å². The first-order chi connectivity index (χ1) is 11.2. The summed E-state index contributed by atoms with van der Waals surface area (Å²) < 4.78 is 0. The molecule has 2 N–H and O–H groups in total. The maximum atomic E-state index is 13.2. The molecule has 1 amide bonds. The van der Waals surface area contributed by atoms with Crippen LogP contribution < -0.4 is 5.73 Å². The fourth-order valence-corrected chi connectivity index (χ4v) is 5.12. The summed E-state index contributed by atoms with van der Waals surface area (Å²) in [5, 5.41) is 0. The largest absolute Gasteiger partial charge is 0.338 e. The minimum atomic E-state index is 0. The lowest BCUT2D eigenvalue weighted by Crippen LogP contribution is -2.50. The average Bonchev–Trinajstić information content (AvgIpc) is 3.29. The summed E-state index contributed by atoms with van der Waals surface area (Å²) >= 11 is 0. The van der Waals surface area contributed by atoms with E-state index in [1.807, 2.05) is 0 Å². The third-order valence-electron chi connectivity index (χ3n) is 6.53. The molecular formula is C20H29ClN2O. The highest BCUT2D eigenvalue weighted by molar-refractivity contribution is 5.85. The molecule has 0 aromatic heterocycles. The molecule has 1 heterocycles. The van der Waals surface area contributed by atoms with Crippen LogP contribution in [0.3, 0.4) is 0 Å². The Morgan fingerprint density at radius 3 is 2.96 bits per heavy atom. The van der Waals surface area contributed by atoms with E-state index in [2.05, 4.69) is 36.1 Å². The van der Waals surface area contributed by atoms with Crippen molar-refractivity contribution in [2.24, 2.45) is 17.6 Å². The van der Waals surface area contributed by atoms with Crippen LogP contribution >= 0.6 is 12.4 Å². The molecule has 4 rings (SSSR count). The molecule has 4 atom stereocenters. The quantitative estimate of drug-likeness (QED) is 0.891. The van der Waals surface area contributed by atoms with Gasteiger partial charge in [-0.15, -0.1) is 12.4 Å². The summed E-state index contributed by atoms with van der Waals surface area (Å²) in [6.45, 7) is 3.78. The normalized spacial score (nSPS) is 34.4. The van der Waals surface area contributed by atoms with Gasteiger partial charge < -0.3 is 10.6 Å². The number of piperidine rings is 1. The molecule has 132 valence electrons. The number of nitrogens with zero attached hydrogens (tertiary/aromatic N) is 1. The van der Waals surface area contributed by atoms with Gasteiger partial charge in [-0.2, -0.15) is 0 Å². The third kappa shape index (κ3) is 2.76. The predicted octanol–water partition coefficient (Wildman–Crippen LogP) is 3.29. The molecule has 2 aliphatic carbocycles. The summed E-state index contributed by atoms with van der Waals surface area (Å²) in [5.74, 6) is 1.27. The average molecular weight is 349 g/mol. The van der Waals surface area contributed by atoms with Crippen molar-refractivity contribution in [2.75, 3.05) is 13.1 Å². The number of nitrogens with two attached hydrogens (primary N) is 1. The van der Waals surface area contributed by atoms with Crippen LogP contribution in [-0.2, 0) is 16.6 Å². The molecule has 4 heteroatoms. The number of fused-ring (bicyclic) bond motifs is 2. The first-order valence-corrected chi connectivity index (χ1v) is 9.24. The number of hydrogen-bond acceptors (Lipinski definition) is 2. The Hall–Kier alpha value is -1.06. The van der Waals surface area contributed by atoms with E-state index in [1.54, 1.807) is 0 Å². The van der Waals surface area contributed by atoms with Crippen molar-refractivity contribution in [1.29, 1.82) is 0 Å². The van der Waals surface area contributed by atoms with Gasteiger partial charge in [0.25, 0.3) is 0 Å². The highest BCUT2D eigenvalue weighted by atomic mass is 35.5. The topological polar surface area (TPSA) is 46.3 Å². The van der Waals surface area contributed by atoms with E-state index < -0.39 is 0 Å². The van der Waals surface area contributed by atoms with E-state index in [1.165, 1.54) is 30.4 Å². The highest BCUT2D eigenvalue weighted by Crippen LogP contribution is 2.61. The Morgan fingerprint density at radius 1 is 1.38 bits per heavy atom. The number of benzene rings is 1. The van der Waals surface area contributed by atoms with Gasteiger partial charge in [0.05, 0.1) is 0 Å². The van der Waals surface area contributed by atoms with Crippen LogP contribution in [0.1, 0.15) is 50.2 Å². The standard InChI is InChI=1S/C20H28N2O.ClH/c1-14-8-10-22(16(11-14)13-21)19(23)18-12-20(18)9-4-6-15-5-2-3-7-17(15)20;/h2-3,5,7,14,16,18H,4,6,8-13,21H2,1H3;1H. The van der Waals surface area contributed by atoms with E-state index in [9.17, 15) is 4.79 Å². The van der Waals surface area contributed by atoms with Crippen LogP contribution in [-0.4, -0.2) is 29.9 Å². The Balaban J connectivity index is 0.00000169. The molecule has 1 aromatic carbocycles. The second kappa shape index (κ2) is 6.68. The zero-order valence-electron chi connectivity index (χ0n) is 14.5. The lowest BCUT2D eigenvalue weighted by atomic mass is 9.78. The summed E-state index contributed by atoms with van der Waals surface area (Å²) in [5.41, 5.74) is 9.04. The molecule has 4 unspecified atom stereocenters. The number of aryl methyl sites for hydroxylation is 1. The summed E-state index contributed by atoms with van der Waals surface area (Å²) in [6, 6.07) is 9.04. The minimum Gasteiger partial charge on any atom is -0.338 e. The van der Waals surface area contributed by atoms with E-state index in [-0.39, 0.29) is 29.8 Å². The van der Waals surface area contributed by atoms with Crippen LogP contribution in [0.15, 0.2) is 24.3 Å². The Morgan fingerprint density at radius 2 is 2.17 bits per heavy atom. The van der Waals surface area contributed by atoms with Crippen molar-refractivity contribution < 1.29 is 4.79 Å². The number of carbonyl (C=O) groups is 1. The van der Waals surface area contributed by atoms with E-state index >= 15 is 0 Å². The van der Waals surface area contributed by atoms with Gasteiger partial charge in [0.1, 0.15) is 0 Å². The number of carbonyl (C=O) groups excluding carboxylic acids is 1. The molecule has 0 radical (unpaired) electrons. The molecule has 1 aromatic rings. The number of rotatable bonds is 2. The van der Waals surface area contributed by atoms with Crippen LogP contribution in [0.2, 0.25) is 0 Å². The van der Waals surface area contributed by atoms with Crippen molar-refractivity contribution in [1.82, 2.24) is 4.90 Å². The molecule has 1 spiro atoms. The summed E-state index contributed by atoms with van der Waals surface area (Å²) in [7, 11) is 0. The van der Waals surface area contributed by atoms with Gasteiger partial charge in [0, 0.05) is 30.5 Å². The van der Waals surface area contributed by atoms with Crippen molar-refractivity contribution in [3.63, 3.8) is 0 Å². The lowest BCUT2D eigenvalue weighted by molar-refractivity contribution is -0.137. The number of halogens is 1. The SMILES string of the molecule is CC1CCN(C(=O)C2CC23CCCc2ccccc23)C(CN)C1.Cl. The van der Waals surface area contributed by atoms with Crippen LogP contribution in [0.5, 0.6) is 0 Å². The van der Waals surface area contributed by atoms with E-state index in [4.69, 9.17) is 5.73 Å². The number of likely N-dealkylation sites (tertiary alicyclic amines) is 1. The molecule has 3 nitrogen and oxygen atoms in total. The van der Waals surface area contributed by atoms with Crippen LogP contribution in [0, 0.1) is 11.8 Å². The van der Waals surface area contributed by atoms with Gasteiger partial charge in [0.15, 0.2) is 0 Å². The van der Waals surface area contributed by atoms with Crippen molar-refractivity contribution in [3.8, 4) is 0 Å². The smallest absolute Gasteiger partial charge is 0.226 e. The molecule has 24 heavy (non-hydrogen) atoms. The molecular weight excluding hydrogens is 320 g/mol. The van der Waals surface area contributed by atoms with E-state index in [0.29, 0.717) is 18.4 Å². The van der Waals surface area contributed by atoms with Gasteiger partial charge in [0.2, 0.25) is 5.91 Å². The molecule has 2 fully saturated rings. The predicted molar refractivity (Wildman–Crippen MR) is 99.4 cm³/mol. The molecule has 3 aliphatic rings. The lowest BCUT2D eigenvalue weighted by Gasteiger charge is -2.39. The maximum absolute atomic E-state index is 13.2. The molecule has 1 aliphatic heterocycles. The number of amides is 1. The Bertz CT molecular complexity index is 619. The molecule has 1 saturated heterocycles. The van der Waals surface area contributed by atoms with Crippen molar-refractivity contribution in [3.05, 3.63) is 35.4 Å². The number of hydrogen-bond donors (Lipinski definition) is 1. The highest BCUT2D eigenvalue weighted by Gasteiger charge is 2.61. The monoisotopic (exact) mass is 348 g/mol. The summed E-state index contributed by atoms with van der Waals surface area (Å²) in [4.78, 5) is 15.3. The minimum absolute atomic E-state index is 0. The maximum Gasteiger partial charge on any atom is 0.226 e. The molecule has 1 saturated carbocycles. The zero-order valence-corrected chi connectivity index (χ0v) is 15.4. The van der Waals surface area contributed by atoms with Crippen LogP contribution in [0.25, 0.3) is 0 Å². The van der Waals surface area contributed by atoms with Crippen molar-refractivity contribution >= 4 is 18.3 Å². The van der Waals surface area contributed by atoms with Crippen LogP contribution in [0.4, 0.5) is 0 Å². The summed E-state index contributed by atoms with van der Waals surface area (Å²) in [6.07, 6.45) is 6.81. The fraction of sp³-hybridized carbons (Fsp3) is 0.650. The second-order valence-corrected chi connectivity index (χ2v) is 7.97. The van der Waals surface area contributed by atoms with Crippen molar-refractivity contribution in [2.45, 2.75) is 56.9 Å². The molecule has 0 bridgehead atoms. The van der Waals surface area contributed by atoms with Gasteiger partial charge in [-0.25, -0.2) is 0 Å². The van der Waals surface area contributed by atoms with Gasteiger partial charge >= 0.3 is 0 Å². The first kappa shape index (κ1) is 17.8. The Kier molecular flexibility index (Phi) is 4.94. The first-order valence-electron chi connectivity index (χ1n) is 9.24. The van der Waals surface area contributed by atoms with Gasteiger partial charge in [-0.1, -0.05) is 31.2 Å². The fourth-order valence-electron chi connectivity index (χ4n) is 5.12. The Labute approximate surface area is 151 Å². The third-order valence-corrected chi connectivity index (χ3v) is 6.53. The zero-order chi connectivity index (χ0) is 16.0. The van der Waals surface area contributed by atoms with Gasteiger partial charge in [-0.05, 0) is 55.6 Å². The van der Waals surface area contributed by atoms with Gasteiger partial charge in [-0.3, -0.25) is 4.79 Å². The second-order valence-electron chi connectivity index (χ2n) is 7.97.